The van der Waals surface area contributed by atoms with Crippen LogP contribution in [0.3, 0.4) is 0 Å². The Balaban J connectivity index is 2.62. The molecule has 0 aliphatic heterocycles. The molecule has 0 aromatic rings. The smallest absolute Gasteiger partial charge is 0.326 e. The highest BCUT2D eigenvalue weighted by Crippen LogP contribution is 2.34. The molecule has 1 aliphatic rings. The molecular weight excluding hydrogens is 294 g/mol. The standard InChI is InChI=1S/C18H29NO4/c1-4-6-7-8-14-13(9-10-15(14)20)11-16(21)19-17(18(22)23)12(3)5-2/h6-7,12-14,17H,4-5,8-11H2,1-3H3,(H,19,21)(H,22,23)/b7-6+/t12-,13-,14-,17-/m0/s1. The van der Waals surface area contributed by atoms with E-state index < -0.39 is 12.0 Å². The minimum atomic E-state index is -1.00. The number of carbonyl (C=O) groups is 3. The molecule has 0 aromatic carbocycles. The largest absolute Gasteiger partial charge is 0.480 e. The number of ketones is 1. The first-order valence-electron chi connectivity index (χ1n) is 8.60. The third kappa shape index (κ3) is 5.81. The summed E-state index contributed by atoms with van der Waals surface area (Å²) < 4.78 is 0. The fourth-order valence-electron chi connectivity index (χ4n) is 3.11. The Bertz CT molecular complexity index is 458. The van der Waals surface area contributed by atoms with Crippen molar-refractivity contribution >= 4 is 17.7 Å². The predicted molar refractivity (Wildman–Crippen MR) is 88.9 cm³/mol. The zero-order valence-electron chi connectivity index (χ0n) is 14.4. The number of carbonyl (C=O) groups excluding carboxylic acids is 2. The number of rotatable bonds is 9. The van der Waals surface area contributed by atoms with Gasteiger partial charge in [0.1, 0.15) is 11.8 Å². The van der Waals surface area contributed by atoms with Crippen LogP contribution in [0.1, 0.15) is 59.3 Å². The Kier molecular flexibility index (Phi) is 8.00. The molecule has 5 heteroatoms. The Morgan fingerprint density at radius 2 is 2.04 bits per heavy atom. The van der Waals surface area contributed by atoms with Gasteiger partial charge in [-0.1, -0.05) is 39.3 Å². The van der Waals surface area contributed by atoms with E-state index in [2.05, 4.69) is 5.32 Å². The molecule has 0 aromatic heterocycles. The molecule has 0 saturated heterocycles. The highest BCUT2D eigenvalue weighted by molar-refractivity contribution is 5.87. The molecule has 130 valence electrons. The van der Waals surface area contributed by atoms with E-state index in [0.29, 0.717) is 19.3 Å². The molecule has 0 bridgehead atoms. The Labute approximate surface area is 138 Å². The van der Waals surface area contributed by atoms with Gasteiger partial charge in [-0.3, -0.25) is 9.59 Å². The summed E-state index contributed by atoms with van der Waals surface area (Å²) in [6.45, 7) is 5.76. The summed E-state index contributed by atoms with van der Waals surface area (Å²) in [5.74, 6) is -1.24. The molecule has 1 aliphatic carbocycles. The van der Waals surface area contributed by atoms with Gasteiger partial charge in [0, 0.05) is 18.8 Å². The third-order valence-electron chi connectivity index (χ3n) is 4.78. The second-order valence-corrected chi connectivity index (χ2v) is 6.46. The van der Waals surface area contributed by atoms with Crippen LogP contribution in [0.2, 0.25) is 0 Å². The second kappa shape index (κ2) is 9.48. The molecule has 5 nitrogen and oxygen atoms in total. The normalized spacial score (nSPS) is 23.9. The summed E-state index contributed by atoms with van der Waals surface area (Å²) in [6, 6.07) is -0.858. The first kappa shape index (κ1) is 19.4. The summed E-state index contributed by atoms with van der Waals surface area (Å²) >= 11 is 0. The molecule has 1 saturated carbocycles. The molecule has 1 rings (SSSR count). The number of carboxylic acid groups (broad SMARTS) is 1. The summed E-state index contributed by atoms with van der Waals surface area (Å²) in [7, 11) is 0. The quantitative estimate of drug-likeness (QED) is 0.639. The summed E-state index contributed by atoms with van der Waals surface area (Å²) in [6.07, 6.45) is 7.82. The van der Waals surface area contributed by atoms with Crippen molar-refractivity contribution in [3.63, 3.8) is 0 Å². The number of hydrogen-bond acceptors (Lipinski definition) is 3. The van der Waals surface area contributed by atoms with E-state index in [1.54, 1.807) is 0 Å². The lowest BCUT2D eigenvalue weighted by Gasteiger charge is -2.22. The fourth-order valence-corrected chi connectivity index (χ4v) is 3.11. The van der Waals surface area contributed by atoms with Gasteiger partial charge in [-0.05, 0) is 31.1 Å². The maximum absolute atomic E-state index is 12.2. The van der Waals surface area contributed by atoms with Gasteiger partial charge >= 0.3 is 5.97 Å². The van der Waals surface area contributed by atoms with Crippen molar-refractivity contribution in [2.75, 3.05) is 0 Å². The van der Waals surface area contributed by atoms with E-state index in [9.17, 15) is 19.5 Å². The molecule has 1 fully saturated rings. The van der Waals surface area contributed by atoms with Gasteiger partial charge in [0.15, 0.2) is 0 Å². The molecule has 1 amide bonds. The van der Waals surface area contributed by atoms with Gasteiger partial charge in [0.25, 0.3) is 0 Å². The van der Waals surface area contributed by atoms with Crippen molar-refractivity contribution in [1.29, 1.82) is 0 Å². The van der Waals surface area contributed by atoms with Crippen LogP contribution in [0.15, 0.2) is 12.2 Å². The van der Waals surface area contributed by atoms with Gasteiger partial charge in [-0.25, -0.2) is 4.79 Å². The first-order chi connectivity index (χ1) is 10.9. The Morgan fingerprint density at radius 3 is 2.61 bits per heavy atom. The number of allylic oxidation sites excluding steroid dienone is 2. The lowest BCUT2D eigenvalue weighted by molar-refractivity contribution is -0.143. The number of nitrogens with one attached hydrogen (secondary N) is 1. The maximum Gasteiger partial charge on any atom is 0.326 e. The topological polar surface area (TPSA) is 83.5 Å². The Hall–Kier alpha value is -1.65. The maximum atomic E-state index is 12.2. The molecule has 0 unspecified atom stereocenters. The van der Waals surface area contributed by atoms with E-state index >= 15 is 0 Å². The van der Waals surface area contributed by atoms with Crippen LogP contribution >= 0.6 is 0 Å². The van der Waals surface area contributed by atoms with E-state index in [0.717, 1.165) is 12.8 Å². The van der Waals surface area contributed by atoms with Gasteiger partial charge in [0.2, 0.25) is 5.91 Å². The van der Waals surface area contributed by atoms with Crippen LogP contribution in [0, 0.1) is 17.8 Å². The van der Waals surface area contributed by atoms with Crippen molar-refractivity contribution in [1.82, 2.24) is 5.32 Å². The highest BCUT2D eigenvalue weighted by Gasteiger charge is 2.35. The van der Waals surface area contributed by atoms with Crippen molar-refractivity contribution in [3.8, 4) is 0 Å². The van der Waals surface area contributed by atoms with Crippen molar-refractivity contribution in [2.24, 2.45) is 17.8 Å². The van der Waals surface area contributed by atoms with E-state index in [-0.39, 0.29) is 35.9 Å². The Morgan fingerprint density at radius 1 is 1.35 bits per heavy atom. The highest BCUT2D eigenvalue weighted by atomic mass is 16.4. The van der Waals surface area contributed by atoms with Crippen LogP contribution in [-0.4, -0.2) is 28.8 Å². The minimum Gasteiger partial charge on any atom is -0.480 e. The van der Waals surface area contributed by atoms with Crippen LogP contribution < -0.4 is 5.32 Å². The summed E-state index contributed by atoms with van der Waals surface area (Å²) in [4.78, 5) is 35.5. The molecule has 0 radical (unpaired) electrons. The van der Waals surface area contributed by atoms with Gasteiger partial charge in [-0.15, -0.1) is 0 Å². The van der Waals surface area contributed by atoms with Gasteiger partial charge in [-0.2, -0.15) is 0 Å². The van der Waals surface area contributed by atoms with E-state index in [1.807, 2.05) is 32.9 Å². The molecule has 0 heterocycles. The van der Waals surface area contributed by atoms with Crippen molar-refractivity contribution in [3.05, 3.63) is 12.2 Å². The molecule has 23 heavy (non-hydrogen) atoms. The number of amides is 1. The van der Waals surface area contributed by atoms with Crippen LogP contribution in [0.5, 0.6) is 0 Å². The zero-order chi connectivity index (χ0) is 17.4. The zero-order valence-corrected chi connectivity index (χ0v) is 14.4. The number of aliphatic carboxylic acids is 1. The summed E-state index contributed by atoms with van der Waals surface area (Å²) in [5, 5.41) is 11.9. The average Bonchev–Trinajstić information content (AvgIpc) is 2.84. The van der Waals surface area contributed by atoms with Crippen LogP contribution in [-0.2, 0) is 14.4 Å². The monoisotopic (exact) mass is 323 g/mol. The number of carboxylic acids is 1. The molecule has 4 atom stereocenters. The first-order valence-corrected chi connectivity index (χ1v) is 8.60. The van der Waals surface area contributed by atoms with Gasteiger partial charge in [0.05, 0.1) is 0 Å². The number of Topliss-reactive ketones (excluding diaryl/α,β-unsaturated/α-hetero) is 1. The van der Waals surface area contributed by atoms with Crippen LogP contribution in [0.25, 0.3) is 0 Å². The van der Waals surface area contributed by atoms with E-state index in [4.69, 9.17) is 0 Å². The summed E-state index contributed by atoms with van der Waals surface area (Å²) in [5.41, 5.74) is 0. The molecular formula is C18H29NO4. The molecule has 0 spiro atoms. The number of hydrogen-bond donors (Lipinski definition) is 2. The average molecular weight is 323 g/mol. The van der Waals surface area contributed by atoms with Crippen LogP contribution in [0.4, 0.5) is 0 Å². The predicted octanol–water partition coefficient (Wildman–Crippen LogP) is 2.94. The SMILES string of the molecule is CC/C=C/C[C@@H]1C(=O)CC[C@H]1CC(=O)N[C@H](C(=O)O)[C@@H](C)CC. The lowest BCUT2D eigenvalue weighted by Crippen LogP contribution is -2.45. The second-order valence-electron chi connectivity index (χ2n) is 6.46. The van der Waals surface area contributed by atoms with Crippen molar-refractivity contribution in [2.45, 2.75) is 65.3 Å². The minimum absolute atomic E-state index is 0.0235. The fraction of sp³-hybridized carbons (Fsp3) is 0.722. The molecule has 2 N–H and O–H groups in total. The lowest BCUT2D eigenvalue weighted by atomic mass is 9.89. The van der Waals surface area contributed by atoms with Crippen molar-refractivity contribution < 1.29 is 19.5 Å². The van der Waals surface area contributed by atoms with E-state index in [1.165, 1.54) is 0 Å². The third-order valence-corrected chi connectivity index (χ3v) is 4.78. The van der Waals surface area contributed by atoms with Gasteiger partial charge < -0.3 is 10.4 Å².